The highest BCUT2D eigenvalue weighted by molar-refractivity contribution is 5.85. The molecule has 0 aliphatic carbocycles. The third kappa shape index (κ3) is 3.42. The number of nitrogens with zero attached hydrogens (tertiary/aromatic N) is 4. The van der Waals surface area contributed by atoms with E-state index >= 15 is 0 Å². The molecule has 8 nitrogen and oxygen atoms in total. The summed E-state index contributed by atoms with van der Waals surface area (Å²) < 4.78 is 6.81. The van der Waals surface area contributed by atoms with Crippen LogP contribution < -0.4 is 9.46 Å². The maximum absolute atomic E-state index is 12.8. The molecule has 1 fully saturated rings. The molecule has 5 rings (SSSR count). The predicted octanol–water partition coefficient (Wildman–Crippen LogP) is 1.03. The van der Waals surface area contributed by atoms with Crippen LogP contribution >= 0.6 is 12.4 Å². The molecule has 1 aromatic heterocycles. The number of rotatable bonds is 3. The first-order valence-electron chi connectivity index (χ1n) is 9.56. The van der Waals surface area contributed by atoms with Crippen LogP contribution in [0.5, 0.6) is 5.75 Å². The largest absolute Gasteiger partial charge is 0.617 e. The van der Waals surface area contributed by atoms with Crippen molar-refractivity contribution in [2.75, 3.05) is 39.4 Å². The Kier molecular flexibility index (Phi) is 5.35. The van der Waals surface area contributed by atoms with E-state index in [-0.39, 0.29) is 34.7 Å². The molecule has 2 aromatic carbocycles. The molecule has 1 N–H and O–H groups in total. The molecule has 0 amide bonds. The van der Waals surface area contributed by atoms with Crippen LogP contribution in [0.25, 0.3) is 22.1 Å². The molecule has 154 valence electrons. The van der Waals surface area contributed by atoms with E-state index in [4.69, 9.17) is 4.74 Å². The summed E-state index contributed by atoms with van der Waals surface area (Å²) in [7, 11) is 0. The van der Waals surface area contributed by atoms with Crippen molar-refractivity contribution >= 4 is 34.5 Å². The fourth-order valence-corrected chi connectivity index (χ4v) is 4.23. The Balaban J connectivity index is 0.00000205. The molecule has 9 heteroatoms. The lowest BCUT2D eigenvalue weighted by Gasteiger charge is -2.28. The highest BCUT2D eigenvalue weighted by Crippen LogP contribution is 2.27. The Labute approximate surface area is 174 Å². The molecule has 0 spiro atoms. The number of halogens is 1. The quantitative estimate of drug-likeness (QED) is 0.388. The summed E-state index contributed by atoms with van der Waals surface area (Å²) in [6, 6.07) is 8.16. The zero-order valence-corrected chi connectivity index (χ0v) is 16.7. The Morgan fingerprint density at radius 3 is 2.21 bits per heavy atom. The molecule has 0 saturated carbocycles. The van der Waals surface area contributed by atoms with Crippen LogP contribution in [0.4, 0.5) is 0 Å². The van der Waals surface area contributed by atoms with E-state index in [1.807, 2.05) is 6.07 Å². The van der Waals surface area contributed by atoms with Gasteiger partial charge in [-0.3, -0.25) is 9.80 Å². The standard InChI is InChI=1S/C20H22N4O4.ClH/c25-19-3-1-2-16-20(19)24(27)18-11-15-13-22(5-4-21-6-8-28-9-7-21)12-14(15)10-17(18)23(16)26;/h1-3,10-11,25H,4-9,12-13H2;1H. The van der Waals surface area contributed by atoms with Crippen molar-refractivity contribution in [3.05, 3.63) is 51.9 Å². The topological polar surface area (TPSA) is 89.8 Å². The fraction of sp³-hybridized carbons (Fsp3) is 0.400. The van der Waals surface area contributed by atoms with Crippen LogP contribution in [0.1, 0.15) is 11.1 Å². The van der Waals surface area contributed by atoms with Gasteiger partial charge in [-0.15, -0.1) is 12.4 Å². The minimum absolute atomic E-state index is 0. The Morgan fingerprint density at radius 1 is 0.897 bits per heavy atom. The minimum atomic E-state index is -0.188. The highest BCUT2D eigenvalue weighted by atomic mass is 35.5. The van der Waals surface area contributed by atoms with Crippen LogP contribution in [0.3, 0.4) is 0 Å². The second-order valence-electron chi connectivity index (χ2n) is 7.51. The lowest BCUT2D eigenvalue weighted by molar-refractivity contribution is -0.591. The lowest BCUT2D eigenvalue weighted by Crippen LogP contribution is -2.40. The smallest absolute Gasteiger partial charge is 0.332 e. The first-order valence-corrected chi connectivity index (χ1v) is 9.56. The molecule has 0 unspecified atom stereocenters. The number of hydrogen-bond donors (Lipinski definition) is 1. The van der Waals surface area contributed by atoms with Crippen molar-refractivity contribution in [3.63, 3.8) is 0 Å². The molecular formula is C20H23ClN4O4. The maximum Gasteiger partial charge on any atom is 0.332 e. The molecule has 0 atom stereocenters. The molecule has 0 bridgehead atoms. The number of phenols is 1. The van der Waals surface area contributed by atoms with Crippen molar-refractivity contribution in [1.29, 1.82) is 0 Å². The van der Waals surface area contributed by atoms with Gasteiger partial charge >= 0.3 is 5.52 Å². The molecular weight excluding hydrogens is 396 g/mol. The fourth-order valence-electron chi connectivity index (χ4n) is 4.23. The molecule has 0 radical (unpaired) electrons. The first kappa shape index (κ1) is 19.9. The average molecular weight is 419 g/mol. The number of morpholine rings is 1. The molecule has 1 saturated heterocycles. The molecule has 3 aromatic rings. The van der Waals surface area contributed by atoms with E-state index in [0.717, 1.165) is 68.3 Å². The van der Waals surface area contributed by atoms with Gasteiger partial charge in [0, 0.05) is 57.5 Å². The molecule has 3 heterocycles. The summed E-state index contributed by atoms with van der Waals surface area (Å²) in [5, 5.41) is 35.7. The highest BCUT2D eigenvalue weighted by Gasteiger charge is 2.28. The van der Waals surface area contributed by atoms with Crippen molar-refractivity contribution in [3.8, 4) is 5.75 Å². The van der Waals surface area contributed by atoms with Crippen molar-refractivity contribution < 1.29 is 19.3 Å². The van der Waals surface area contributed by atoms with Crippen LogP contribution in [-0.2, 0) is 17.8 Å². The van der Waals surface area contributed by atoms with Gasteiger partial charge in [-0.2, -0.15) is 9.46 Å². The van der Waals surface area contributed by atoms with E-state index < -0.39 is 0 Å². The minimum Gasteiger partial charge on any atom is -0.617 e. The number of aromatic nitrogens is 2. The van der Waals surface area contributed by atoms with Crippen molar-refractivity contribution in [2.24, 2.45) is 0 Å². The number of hydrogen-bond acceptors (Lipinski definition) is 6. The number of phenolic OH excluding ortho intramolecular Hbond substituents is 1. The summed E-state index contributed by atoms with van der Waals surface area (Å²) in [4.78, 5) is 4.73. The summed E-state index contributed by atoms with van der Waals surface area (Å²) in [5.74, 6) is -0.188. The second-order valence-corrected chi connectivity index (χ2v) is 7.51. The Hall–Kier alpha value is -2.39. The number of fused-ring (bicyclic) bond motifs is 3. The number of benzene rings is 2. The van der Waals surface area contributed by atoms with Gasteiger partial charge in [0.25, 0.3) is 16.6 Å². The zero-order valence-electron chi connectivity index (χ0n) is 15.9. The van der Waals surface area contributed by atoms with Crippen molar-refractivity contribution in [1.82, 2.24) is 9.80 Å². The second kappa shape index (κ2) is 7.79. The van der Waals surface area contributed by atoms with E-state index in [1.54, 1.807) is 18.2 Å². The van der Waals surface area contributed by atoms with Crippen LogP contribution in [0.15, 0.2) is 30.3 Å². The van der Waals surface area contributed by atoms with E-state index in [1.165, 1.54) is 6.07 Å². The van der Waals surface area contributed by atoms with Gasteiger partial charge in [-0.1, -0.05) is 6.07 Å². The van der Waals surface area contributed by atoms with Crippen LogP contribution in [0, 0.1) is 10.4 Å². The summed E-state index contributed by atoms with van der Waals surface area (Å²) >= 11 is 0. The SMILES string of the molecule is Cl.[O-][n+]1c2cc3c(cc2[n+]([O-])c2c(O)cccc21)CN(CCN1CCOCC1)C3. The van der Waals surface area contributed by atoms with E-state index in [0.29, 0.717) is 10.2 Å². The van der Waals surface area contributed by atoms with Crippen molar-refractivity contribution in [2.45, 2.75) is 13.1 Å². The van der Waals surface area contributed by atoms with E-state index in [9.17, 15) is 15.5 Å². The Bertz CT molecular complexity index is 1070. The number of ether oxygens (including phenoxy) is 1. The summed E-state index contributed by atoms with van der Waals surface area (Å²) in [6.45, 7) is 6.96. The predicted molar refractivity (Wildman–Crippen MR) is 110 cm³/mol. The third-order valence-corrected chi connectivity index (χ3v) is 5.77. The third-order valence-electron chi connectivity index (χ3n) is 5.77. The monoisotopic (exact) mass is 418 g/mol. The van der Waals surface area contributed by atoms with Gasteiger partial charge < -0.3 is 20.3 Å². The van der Waals surface area contributed by atoms with Gasteiger partial charge in [0.2, 0.25) is 0 Å². The number of para-hydroxylation sites is 1. The van der Waals surface area contributed by atoms with Gasteiger partial charge in [0.15, 0.2) is 5.75 Å². The maximum atomic E-state index is 12.8. The molecule has 2 aliphatic rings. The van der Waals surface area contributed by atoms with Gasteiger partial charge in [0.1, 0.15) is 0 Å². The van der Waals surface area contributed by atoms with Crippen LogP contribution in [-0.4, -0.2) is 54.3 Å². The van der Waals surface area contributed by atoms with Gasteiger partial charge in [-0.05, 0) is 17.2 Å². The lowest BCUT2D eigenvalue weighted by atomic mass is 10.1. The average Bonchev–Trinajstić information content (AvgIpc) is 3.12. The molecule has 29 heavy (non-hydrogen) atoms. The van der Waals surface area contributed by atoms with E-state index in [2.05, 4.69) is 9.80 Å². The number of aromatic hydroxyl groups is 1. The Morgan fingerprint density at radius 2 is 1.52 bits per heavy atom. The van der Waals surface area contributed by atoms with Crippen LogP contribution in [0.2, 0.25) is 0 Å². The summed E-state index contributed by atoms with van der Waals surface area (Å²) in [6.07, 6.45) is 0. The van der Waals surface area contributed by atoms with Gasteiger partial charge in [0.05, 0.1) is 13.2 Å². The van der Waals surface area contributed by atoms with Gasteiger partial charge in [-0.25, -0.2) is 0 Å². The summed E-state index contributed by atoms with van der Waals surface area (Å²) in [5.41, 5.74) is 2.95. The first-order chi connectivity index (χ1) is 13.6. The molecule has 2 aliphatic heterocycles. The zero-order chi connectivity index (χ0) is 19.3. The normalized spacial score (nSPS) is 17.5.